The molecule has 122 valence electrons. The van der Waals surface area contributed by atoms with Gasteiger partial charge in [-0.25, -0.2) is 0 Å². The zero-order valence-corrected chi connectivity index (χ0v) is 13.6. The maximum Gasteiger partial charge on any atom is 0.220 e. The third kappa shape index (κ3) is 4.73. The molecular formula is C18H27NO3. The number of carbonyl (C=O) groups is 1. The minimum Gasteiger partial charge on any atom is -0.494 e. The molecule has 22 heavy (non-hydrogen) atoms. The highest BCUT2D eigenvalue weighted by atomic mass is 16.5. The number of aliphatic hydroxyl groups excluding tert-OH is 1. The predicted octanol–water partition coefficient (Wildman–Crippen LogP) is 2.74. The second kappa shape index (κ2) is 8.18. The Morgan fingerprint density at radius 3 is 2.86 bits per heavy atom. The van der Waals surface area contributed by atoms with Gasteiger partial charge in [0.2, 0.25) is 5.91 Å². The van der Waals surface area contributed by atoms with E-state index in [1.54, 1.807) is 0 Å². The van der Waals surface area contributed by atoms with Gasteiger partial charge in [-0.05, 0) is 56.4 Å². The smallest absolute Gasteiger partial charge is 0.220 e. The topological polar surface area (TPSA) is 58.6 Å². The van der Waals surface area contributed by atoms with Crippen LogP contribution < -0.4 is 10.1 Å². The van der Waals surface area contributed by atoms with Crippen molar-refractivity contribution in [3.05, 3.63) is 29.3 Å². The van der Waals surface area contributed by atoms with Crippen LogP contribution >= 0.6 is 0 Å². The molecule has 1 saturated carbocycles. The molecule has 0 heterocycles. The van der Waals surface area contributed by atoms with Crippen molar-refractivity contribution < 1.29 is 14.6 Å². The molecule has 0 saturated heterocycles. The summed E-state index contributed by atoms with van der Waals surface area (Å²) in [5.41, 5.74) is 2.47. The first-order valence-electron chi connectivity index (χ1n) is 8.20. The number of carbonyl (C=O) groups excluding carboxylic acids is 1. The van der Waals surface area contributed by atoms with Crippen LogP contribution in [0, 0.1) is 19.8 Å². The Hall–Kier alpha value is -1.55. The SMILES string of the molecule is Cc1ccc(OCCCC(=O)NC2CCCC2CO)cc1C. The average molecular weight is 305 g/mol. The van der Waals surface area contributed by atoms with Crippen LogP contribution in [-0.2, 0) is 4.79 Å². The highest BCUT2D eigenvalue weighted by molar-refractivity contribution is 5.76. The molecule has 4 nitrogen and oxygen atoms in total. The van der Waals surface area contributed by atoms with Crippen molar-refractivity contribution in [2.75, 3.05) is 13.2 Å². The average Bonchev–Trinajstić information content (AvgIpc) is 2.94. The first-order chi connectivity index (χ1) is 10.6. The van der Waals surface area contributed by atoms with Crippen LogP contribution in [0.1, 0.15) is 43.2 Å². The van der Waals surface area contributed by atoms with Crippen molar-refractivity contribution in [1.82, 2.24) is 5.32 Å². The Kier molecular flexibility index (Phi) is 6.25. The van der Waals surface area contributed by atoms with Gasteiger partial charge in [0.05, 0.1) is 6.61 Å². The van der Waals surface area contributed by atoms with Crippen LogP contribution in [0.25, 0.3) is 0 Å². The van der Waals surface area contributed by atoms with Gasteiger partial charge in [0.15, 0.2) is 0 Å². The van der Waals surface area contributed by atoms with E-state index in [1.807, 2.05) is 18.2 Å². The van der Waals surface area contributed by atoms with Gasteiger partial charge in [0.1, 0.15) is 5.75 Å². The largest absolute Gasteiger partial charge is 0.494 e. The van der Waals surface area contributed by atoms with Gasteiger partial charge in [-0.1, -0.05) is 12.5 Å². The van der Waals surface area contributed by atoms with Crippen molar-refractivity contribution in [3.8, 4) is 5.75 Å². The number of ether oxygens (including phenoxy) is 1. The van der Waals surface area contributed by atoms with Gasteiger partial charge >= 0.3 is 0 Å². The summed E-state index contributed by atoms with van der Waals surface area (Å²) in [4.78, 5) is 11.9. The molecule has 1 amide bonds. The number of nitrogens with one attached hydrogen (secondary N) is 1. The van der Waals surface area contributed by atoms with E-state index in [4.69, 9.17) is 4.74 Å². The number of benzene rings is 1. The fourth-order valence-corrected chi connectivity index (χ4v) is 2.95. The fraction of sp³-hybridized carbons (Fsp3) is 0.611. The van der Waals surface area contributed by atoms with E-state index in [2.05, 4.69) is 19.2 Å². The maximum atomic E-state index is 11.9. The van der Waals surface area contributed by atoms with Crippen LogP contribution in [-0.4, -0.2) is 30.3 Å². The highest BCUT2D eigenvalue weighted by Crippen LogP contribution is 2.25. The molecule has 2 atom stereocenters. The summed E-state index contributed by atoms with van der Waals surface area (Å²) in [7, 11) is 0. The monoisotopic (exact) mass is 305 g/mol. The molecule has 0 spiro atoms. The lowest BCUT2D eigenvalue weighted by atomic mass is 10.0. The summed E-state index contributed by atoms with van der Waals surface area (Å²) in [6.07, 6.45) is 4.26. The van der Waals surface area contributed by atoms with Crippen molar-refractivity contribution >= 4 is 5.91 Å². The third-order valence-electron chi connectivity index (χ3n) is 4.54. The fourth-order valence-electron chi connectivity index (χ4n) is 2.95. The van der Waals surface area contributed by atoms with E-state index in [1.165, 1.54) is 11.1 Å². The van der Waals surface area contributed by atoms with Gasteiger partial charge in [0.25, 0.3) is 0 Å². The van der Waals surface area contributed by atoms with E-state index in [9.17, 15) is 9.90 Å². The van der Waals surface area contributed by atoms with Gasteiger partial charge < -0.3 is 15.2 Å². The van der Waals surface area contributed by atoms with Crippen LogP contribution in [0.15, 0.2) is 18.2 Å². The lowest BCUT2D eigenvalue weighted by Gasteiger charge is -2.19. The van der Waals surface area contributed by atoms with Gasteiger partial charge in [0, 0.05) is 25.0 Å². The molecule has 1 aliphatic rings. The Morgan fingerprint density at radius 1 is 1.32 bits per heavy atom. The molecule has 1 aromatic rings. The number of hydrogen-bond acceptors (Lipinski definition) is 3. The van der Waals surface area contributed by atoms with E-state index < -0.39 is 0 Å². The van der Waals surface area contributed by atoms with Gasteiger partial charge in [-0.2, -0.15) is 0 Å². The summed E-state index contributed by atoms with van der Waals surface area (Å²) in [5.74, 6) is 1.16. The number of aryl methyl sites for hydroxylation is 2. The van der Waals surface area contributed by atoms with Crippen molar-refractivity contribution in [1.29, 1.82) is 0 Å². The molecule has 1 aliphatic carbocycles. The zero-order valence-electron chi connectivity index (χ0n) is 13.6. The minimum atomic E-state index is 0.0639. The van der Waals surface area contributed by atoms with Crippen molar-refractivity contribution in [2.24, 2.45) is 5.92 Å². The summed E-state index contributed by atoms with van der Waals surface area (Å²) in [6, 6.07) is 6.19. The van der Waals surface area contributed by atoms with E-state index in [-0.39, 0.29) is 24.5 Å². The number of hydrogen-bond donors (Lipinski definition) is 2. The second-order valence-electron chi connectivity index (χ2n) is 6.25. The van der Waals surface area contributed by atoms with Crippen molar-refractivity contribution in [3.63, 3.8) is 0 Å². The lowest BCUT2D eigenvalue weighted by Crippen LogP contribution is -2.38. The van der Waals surface area contributed by atoms with Crippen LogP contribution in [0.2, 0.25) is 0 Å². The van der Waals surface area contributed by atoms with Gasteiger partial charge in [-0.15, -0.1) is 0 Å². The standard InChI is InChI=1S/C18H27NO3/c1-13-8-9-16(11-14(13)2)22-10-4-7-18(21)19-17-6-3-5-15(17)12-20/h8-9,11,15,17,20H,3-7,10,12H2,1-2H3,(H,19,21). The summed E-state index contributed by atoms with van der Waals surface area (Å²) < 4.78 is 5.68. The summed E-state index contributed by atoms with van der Waals surface area (Å²) in [5, 5.41) is 12.3. The Morgan fingerprint density at radius 2 is 2.14 bits per heavy atom. The molecule has 0 bridgehead atoms. The molecule has 4 heteroatoms. The molecule has 0 aromatic heterocycles. The van der Waals surface area contributed by atoms with Crippen molar-refractivity contribution in [2.45, 2.75) is 52.0 Å². The zero-order chi connectivity index (χ0) is 15.9. The summed E-state index contributed by atoms with van der Waals surface area (Å²) >= 11 is 0. The molecule has 2 rings (SSSR count). The molecule has 0 radical (unpaired) electrons. The Bertz CT molecular complexity index is 501. The van der Waals surface area contributed by atoms with E-state index in [0.717, 1.165) is 25.0 Å². The normalized spacial score (nSPS) is 20.9. The maximum absolute atomic E-state index is 11.9. The summed E-state index contributed by atoms with van der Waals surface area (Å²) in [6.45, 7) is 4.85. The second-order valence-corrected chi connectivity index (χ2v) is 6.25. The lowest BCUT2D eigenvalue weighted by molar-refractivity contribution is -0.122. The molecule has 2 unspecified atom stereocenters. The van der Waals surface area contributed by atoms with Gasteiger partial charge in [-0.3, -0.25) is 4.79 Å². The first kappa shape index (κ1) is 16.8. The molecule has 1 fully saturated rings. The predicted molar refractivity (Wildman–Crippen MR) is 87.0 cm³/mol. The molecular weight excluding hydrogens is 278 g/mol. The third-order valence-corrected chi connectivity index (χ3v) is 4.54. The number of amides is 1. The van der Waals surface area contributed by atoms with E-state index >= 15 is 0 Å². The Balaban J connectivity index is 1.65. The van der Waals surface area contributed by atoms with Crippen LogP contribution in [0.5, 0.6) is 5.75 Å². The molecule has 1 aromatic carbocycles. The molecule has 0 aliphatic heterocycles. The minimum absolute atomic E-state index is 0.0639. The number of aliphatic hydroxyl groups is 1. The highest BCUT2D eigenvalue weighted by Gasteiger charge is 2.27. The Labute approximate surface area is 132 Å². The van der Waals surface area contributed by atoms with Crippen LogP contribution in [0.3, 0.4) is 0 Å². The van der Waals surface area contributed by atoms with E-state index in [0.29, 0.717) is 19.4 Å². The first-order valence-corrected chi connectivity index (χ1v) is 8.20. The molecule has 2 N–H and O–H groups in total. The number of rotatable bonds is 7. The van der Waals surface area contributed by atoms with Crippen LogP contribution in [0.4, 0.5) is 0 Å². The quantitative estimate of drug-likeness (QED) is 0.762.